The van der Waals surface area contributed by atoms with Crippen LogP contribution in [0.25, 0.3) is 0 Å². The molecule has 3 rings (SSSR count). The predicted octanol–water partition coefficient (Wildman–Crippen LogP) is 1.83. The van der Waals surface area contributed by atoms with E-state index in [1.54, 1.807) is 4.31 Å². The smallest absolute Gasteiger partial charge is 0.234 e. The Hall–Kier alpha value is -1.44. The van der Waals surface area contributed by atoms with E-state index in [4.69, 9.17) is 0 Å². The number of rotatable bonds is 6. The van der Waals surface area contributed by atoms with Gasteiger partial charge in [-0.3, -0.25) is 9.69 Å². The largest absolute Gasteiger partial charge is 0.352 e. The standard InChI is InChI=1S/C20H31N3O3S/c1-17-7-5-6-10-19(17)21-20(24)15-22-11-13-23(14-12-22)27(25,26)16-18-8-3-2-4-9-18/h2-4,8-9,17,19H,5-7,10-16H2,1H3,(H,21,24)/t17-,19+/m1/s1. The summed E-state index contributed by atoms with van der Waals surface area (Å²) in [6, 6.07) is 9.56. The van der Waals surface area contributed by atoms with E-state index in [1.807, 2.05) is 30.3 Å². The molecule has 7 heteroatoms. The second-order valence-electron chi connectivity index (χ2n) is 7.85. The van der Waals surface area contributed by atoms with Gasteiger partial charge in [-0.2, -0.15) is 4.31 Å². The fourth-order valence-electron chi connectivity index (χ4n) is 4.03. The number of carbonyl (C=O) groups excluding carboxylic acids is 1. The van der Waals surface area contributed by atoms with Crippen LogP contribution in [0.5, 0.6) is 0 Å². The number of nitrogens with one attached hydrogen (secondary N) is 1. The molecule has 0 aromatic heterocycles. The molecule has 2 atom stereocenters. The molecular weight excluding hydrogens is 362 g/mol. The van der Waals surface area contributed by atoms with Crippen LogP contribution in [0.4, 0.5) is 0 Å². The van der Waals surface area contributed by atoms with Gasteiger partial charge in [-0.15, -0.1) is 0 Å². The summed E-state index contributed by atoms with van der Waals surface area (Å²) in [4.78, 5) is 14.4. The van der Waals surface area contributed by atoms with Crippen molar-refractivity contribution in [2.24, 2.45) is 5.92 Å². The van der Waals surface area contributed by atoms with Gasteiger partial charge in [0.1, 0.15) is 0 Å². The number of nitrogens with zero attached hydrogens (tertiary/aromatic N) is 2. The highest BCUT2D eigenvalue weighted by Gasteiger charge is 2.29. The van der Waals surface area contributed by atoms with Gasteiger partial charge >= 0.3 is 0 Å². The van der Waals surface area contributed by atoms with Crippen LogP contribution in [0, 0.1) is 5.92 Å². The van der Waals surface area contributed by atoms with E-state index < -0.39 is 10.0 Å². The minimum atomic E-state index is -3.31. The average Bonchev–Trinajstić information content (AvgIpc) is 2.64. The molecule has 1 aliphatic heterocycles. The lowest BCUT2D eigenvalue weighted by molar-refractivity contribution is -0.123. The normalized spacial score (nSPS) is 25.2. The Morgan fingerprint density at radius 3 is 2.41 bits per heavy atom. The topological polar surface area (TPSA) is 69.7 Å². The molecule has 0 spiro atoms. The summed E-state index contributed by atoms with van der Waals surface area (Å²) in [5.74, 6) is 0.644. The van der Waals surface area contributed by atoms with Gasteiger partial charge in [0.2, 0.25) is 15.9 Å². The third-order valence-corrected chi connectivity index (χ3v) is 7.59. The Balaban J connectivity index is 1.45. The van der Waals surface area contributed by atoms with Crippen molar-refractivity contribution in [3.8, 4) is 0 Å². The Kier molecular flexibility index (Phi) is 6.89. The van der Waals surface area contributed by atoms with Crippen molar-refractivity contribution in [1.29, 1.82) is 0 Å². The van der Waals surface area contributed by atoms with Crippen molar-refractivity contribution < 1.29 is 13.2 Å². The van der Waals surface area contributed by atoms with Gasteiger partial charge in [0, 0.05) is 32.2 Å². The maximum Gasteiger partial charge on any atom is 0.234 e. The zero-order valence-electron chi connectivity index (χ0n) is 16.1. The minimum absolute atomic E-state index is 0.0356. The maximum atomic E-state index is 12.6. The van der Waals surface area contributed by atoms with E-state index in [2.05, 4.69) is 17.1 Å². The van der Waals surface area contributed by atoms with Gasteiger partial charge in [-0.25, -0.2) is 8.42 Å². The summed E-state index contributed by atoms with van der Waals surface area (Å²) in [5.41, 5.74) is 0.806. The molecule has 1 aromatic rings. The molecule has 1 heterocycles. The number of hydrogen-bond donors (Lipinski definition) is 1. The van der Waals surface area contributed by atoms with Crippen molar-refractivity contribution in [3.05, 3.63) is 35.9 Å². The van der Waals surface area contributed by atoms with Crippen LogP contribution in [0.1, 0.15) is 38.2 Å². The van der Waals surface area contributed by atoms with E-state index in [0.717, 1.165) is 12.0 Å². The summed E-state index contributed by atoms with van der Waals surface area (Å²) < 4.78 is 26.8. The molecule has 0 bridgehead atoms. The summed E-state index contributed by atoms with van der Waals surface area (Å²) in [7, 11) is -3.31. The van der Waals surface area contributed by atoms with Crippen LogP contribution in [0.2, 0.25) is 0 Å². The maximum absolute atomic E-state index is 12.6. The summed E-state index contributed by atoms with van der Waals surface area (Å²) in [6.45, 7) is 4.66. The quantitative estimate of drug-likeness (QED) is 0.801. The van der Waals surface area contributed by atoms with Crippen LogP contribution in [0.3, 0.4) is 0 Å². The lowest BCUT2D eigenvalue weighted by atomic mass is 9.86. The summed E-state index contributed by atoms with van der Waals surface area (Å²) >= 11 is 0. The molecule has 2 fully saturated rings. The molecule has 1 saturated heterocycles. The van der Waals surface area contributed by atoms with Gasteiger partial charge in [0.05, 0.1) is 12.3 Å². The summed E-state index contributed by atoms with van der Waals surface area (Å²) in [5, 5.41) is 3.18. The van der Waals surface area contributed by atoms with Gasteiger partial charge < -0.3 is 5.32 Å². The first-order chi connectivity index (χ1) is 12.9. The number of amides is 1. The fourth-order valence-corrected chi connectivity index (χ4v) is 5.54. The van der Waals surface area contributed by atoms with Gasteiger partial charge in [-0.05, 0) is 24.3 Å². The number of carbonyl (C=O) groups is 1. The Labute approximate surface area is 163 Å². The molecule has 1 amide bonds. The third kappa shape index (κ3) is 5.77. The molecule has 1 aromatic carbocycles. The molecule has 150 valence electrons. The Bertz CT molecular complexity index is 715. The molecule has 0 radical (unpaired) electrons. The first kappa shape index (κ1) is 20.3. The molecule has 6 nitrogen and oxygen atoms in total. The van der Waals surface area contributed by atoms with Crippen LogP contribution in [-0.2, 0) is 20.6 Å². The first-order valence-electron chi connectivity index (χ1n) is 9.97. The van der Waals surface area contributed by atoms with E-state index in [9.17, 15) is 13.2 Å². The SMILES string of the molecule is C[C@@H]1CCCC[C@@H]1NC(=O)CN1CCN(S(=O)(=O)Cc2ccccc2)CC1. The highest BCUT2D eigenvalue weighted by molar-refractivity contribution is 7.88. The van der Waals surface area contributed by atoms with Crippen molar-refractivity contribution >= 4 is 15.9 Å². The number of benzene rings is 1. The van der Waals surface area contributed by atoms with E-state index in [0.29, 0.717) is 44.7 Å². The fraction of sp³-hybridized carbons (Fsp3) is 0.650. The van der Waals surface area contributed by atoms with Gasteiger partial charge in [-0.1, -0.05) is 50.1 Å². The second-order valence-corrected chi connectivity index (χ2v) is 9.82. The lowest BCUT2D eigenvalue weighted by Gasteiger charge is -2.34. The van der Waals surface area contributed by atoms with Crippen LogP contribution >= 0.6 is 0 Å². The molecule has 1 N–H and O–H groups in total. The predicted molar refractivity (Wildman–Crippen MR) is 107 cm³/mol. The highest BCUT2D eigenvalue weighted by Crippen LogP contribution is 2.23. The van der Waals surface area contributed by atoms with E-state index >= 15 is 0 Å². The van der Waals surface area contributed by atoms with Crippen LogP contribution < -0.4 is 5.32 Å². The van der Waals surface area contributed by atoms with Crippen LogP contribution in [-0.4, -0.2) is 62.3 Å². The number of sulfonamides is 1. The number of piperazine rings is 1. The zero-order valence-corrected chi connectivity index (χ0v) is 17.0. The molecule has 27 heavy (non-hydrogen) atoms. The monoisotopic (exact) mass is 393 g/mol. The van der Waals surface area contributed by atoms with E-state index in [1.165, 1.54) is 19.3 Å². The number of hydrogen-bond acceptors (Lipinski definition) is 4. The highest BCUT2D eigenvalue weighted by atomic mass is 32.2. The summed E-state index contributed by atoms with van der Waals surface area (Å²) in [6.07, 6.45) is 4.70. The van der Waals surface area contributed by atoms with Gasteiger partial charge in [0.25, 0.3) is 0 Å². The molecule has 1 saturated carbocycles. The molecule has 2 aliphatic rings. The Morgan fingerprint density at radius 1 is 1.07 bits per heavy atom. The zero-order chi connectivity index (χ0) is 19.3. The second kappa shape index (κ2) is 9.17. The van der Waals surface area contributed by atoms with Crippen molar-refractivity contribution in [2.45, 2.75) is 44.4 Å². The third-order valence-electron chi connectivity index (χ3n) is 5.74. The molecular formula is C20H31N3O3S. The van der Waals surface area contributed by atoms with Crippen molar-refractivity contribution in [2.75, 3.05) is 32.7 Å². The van der Waals surface area contributed by atoms with Crippen molar-refractivity contribution in [3.63, 3.8) is 0 Å². The molecule has 0 unspecified atom stereocenters. The average molecular weight is 394 g/mol. The van der Waals surface area contributed by atoms with Gasteiger partial charge in [0.15, 0.2) is 0 Å². The lowest BCUT2D eigenvalue weighted by Crippen LogP contribution is -2.52. The van der Waals surface area contributed by atoms with E-state index in [-0.39, 0.29) is 11.7 Å². The molecule has 1 aliphatic carbocycles. The Morgan fingerprint density at radius 2 is 1.74 bits per heavy atom. The first-order valence-corrected chi connectivity index (χ1v) is 11.6. The minimum Gasteiger partial charge on any atom is -0.352 e. The van der Waals surface area contributed by atoms with Crippen molar-refractivity contribution in [1.82, 2.24) is 14.5 Å². The van der Waals surface area contributed by atoms with Crippen LogP contribution in [0.15, 0.2) is 30.3 Å².